The lowest BCUT2D eigenvalue weighted by atomic mass is 9.96. The van der Waals surface area contributed by atoms with E-state index in [1.165, 1.54) is 25.5 Å². The number of allylic oxidation sites excluding steroid dienone is 1. The van der Waals surface area contributed by atoms with E-state index < -0.39 is 0 Å². The molecule has 0 spiro atoms. The lowest BCUT2D eigenvalue weighted by molar-refractivity contribution is 0.444. The molecule has 2 rings (SSSR count). The van der Waals surface area contributed by atoms with Crippen LogP contribution in [0.15, 0.2) is 17.3 Å². The highest BCUT2D eigenvalue weighted by molar-refractivity contribution is 6.32. The van der Waals surface area contributed by atoms with Gasteiger partial charge in [-0.05, 0) is 30.5 Å². The molecule has 1 aromatic rings. The number of aliphatic imine (C=N–C) groups is 1. The van der Waals surface area contributed by atoms with Crippen LogP contribution in [-0.2, 0) is 0 Å². The number of halogens is 2. The van der Waals surface area contributed by atoms with Crippen molar-refractivity contribution in [3.8, 4) is 0 Å². The minimum Gasteiger partial charge on any atom is -0.397 e. The average molecular weight is 299 g/mol. The molecule has 1 aliphatic rings. The van der Waals surface area contributed by atoms with Gasteiger partial charge in [-0.3, -0.25) is 4.99 Å². The molecule has 19 heavy (non-hydrogen) atoms. The number of hydrogen-bond donors (Lipinski definition) is 1. The van der Waals surface area contributed by atoms with Crippen LogP contribution in [0.4, 0.5) is 0 Å². The van der Waals surface area contributed by atoms with E-state index in [0.29, 0.717) is 22.5 Å². The maximum absolute atomic E-state index is 5.97. The number of aromatic nitrogens is 2. The zero-order valence-corrected chi connectivity index (χ0v) is 12.0. The highest BCUT2D eigenvalue weighted by atomic mass is 35.5. The Hall–Kier alpha value is -1.13. The predicted molar refractivity (Wildman–Crippen MR) is 79.6 cm³/mol. The Morgan fingerprint density at radius 1 is 1.32 bits per heavy atom. The van der Waals surface area contributed by atoms with Gasteiger partial charge in [-0.1, -0.05) is 30.9 Å². The smallest absolute Gasteiger partial charge is 0.223 e. The van der Waals surface area contributed by atoms with E-state index in [0.717, 1.165) is 12.8 Å². The second kappa shape index (κ2) is 6.87. The summed E-state index contributed by atoms with van der Waals surface area (Å²) < 4.78 is 0. The summed E-state index contributed by atoms with van der Waals surface area (Å²) in [5, 5.41) is 0.504. The van der Waals surface area contributed by atoms with Crippen LogP contribution in [0.1, 0.15) is 37.8 Å². The Morgan fingerprint density at radius 3 is 2.79 bits per heavy atom. The van der Waals surface area contributed by atoms with Gasteiger partial charge in [0.2, 0.25) is 5.28 Å². The van der Waals surface area contributed by atoms with E-state index >= 15 is 0 Å². The first kappa shape index (κ1) is 14.3. The molecule has 0 saturated heterocycles. The van der Waals surface area contributed by atoms with Gasteiger partial charge in [0.25, 0.3) is 0 Å². The van der Waals surface area contributed by atoms with Gasteiger partial charge in [0.1, 0.15) is 5.69 Å². The zero-order valence-electron chi connectivity index (χ0n) is 10.5. The summed E-state index contributed by atoms with van der Waals surface area (Å²) >= 11 is 11.7. The molecule has 1 fully saturated rings. The van der Waals surface area contributed by atoms with E-state index in [4.69, 9.17) is 28.9 Å². The van der Waals surface area contributed by atoms with E-state index in [9.17, 15) is 0 Å². The molecule has 0 bridgehead atoms. The monoisotopic (exact) mass is 298 g/mol. The van der Waals surface area contributed by atoms with Gasteiger partial charge in [-0.25, -0.2) is 9.97 Å². The highest BCUT2D eigenvalue weighted by Gasteiger charge is 2.10. The van der Waals surface area contributed by atoms with Gasteiger partial charge < -0.3 is 5.73 Å². The number of nitrogens with two attached hydrogens (primary N) is 1. The van der Waals surface area contributed by atoms with Crippen molar-refractivity contribution in [1.82, 2.24) is 9.97 Å². The molecule has 1 aromatic heterocycles. The van der Waals surface area contributed by atoms with Crippen molar-refractivity contribution >= 4 is 35.1 Å². The van der Waals surface area contributed by atoms with Gasteiger partial charge in [0.05, 0.1) is 16.9 Å². The molecule has 1 aliphatic carbocycles. The van der Waals surface area contributed by atoms with Crippen molar-refractivity contribution in [3.63, 3.8) is 0 Å². The van der Waals surface area contributed by atoms with Crippen LogP contribution < -0.4 is 5.73 Å². The second-order valence-corrected chi connectivity index (χ2v) is 5.29. The fourth-order valence-electron chi connectivity index (χ4n) is 2.10. The summed E-state index contributed by atoms with van der Waals surface area (Å²) in [6.45, 7) is 0. The maximum atomic E-state index is 5.97. The number of rotatable bonds is 3. The summed E-state index contributed by atoms with van der Waals surface area (Å²) in [7, 11) is 0. The first-order valence-electron chi connectivity index (χ1n) is 6.34. The van der Waals surface area contributed by atoms with Crippen molar-refractivity contribution in [2.45, 2.75) is 38.1 Å². The lowest BCUT2D eigenvalue weighted by Crippen LogP contribution is -2.09. The minimum absolute atomic E-state index is 0.125. The highest BCUT2D eigenvalue weighted by Crippen LogP contribution is 2.21. The van der Waals surface area contributed by atoms with E-state index in [1.54, 1.807) is 12.3 Å². The van der Waals surface area contributed by atoms with Crippen molar-refractivity contribution in [1.29, 1.82) is 0 Å². The first-order valence-corrected chi connectivity index (χ1v) is 7.10. The Morgan fingerprint density at radius 2 is 2.05 bits per heavy atom. The molecule has 0 radical (unpaired) electrons. The minimum atomic E-state index is 0.125. The molecule has 0 amide bonds. The van der Waals surface area contributed by atoms with Crippen LogP contribution in [0.5, 0.6) is 0 Å². The molecule has 4 nitrogen and oxygen atoms in total. The van der Waals surface area contributed by atoms with Crippen LogP contribution >= 0.6 is 23.2 Å². The summed E-state index contributed by atoms with van der Waals surface area (Å²) in [6, 6.07) is 0.419. The molecule has 102 valence electrons. The Balaban J connectivity index is 2.05. The largest absolute Gasteiger partial charge is 0.397 e. The maximum Gasteiger partial charge on any atom is 0.223 e. The fraction of sp³-hybridized carbons (Fsp3) is 0.462. The van der Waals surface area contributed by atoms with Gasteiger partial charge in [0, 0.05) is 12.3 Å². The second-order valence-electron chi connectivity index (χ2n) is 4.55. The number of hydrogen-bond acceptors (Lipinski definition) is 4. The molecule has 0 aromatic carbocycles. The molecular weight excluding hydrogens is 283 g/mol. The average Bonchev–Trinajstić information content (AvgIpc) is 2.42. The summed E-state index contributed by atoms with van der Waals surface area (Å²) in [6.07, 6.45) is 11.0. The van der Waals surface area contributed by atoms with Crippen molar-refractivity contribution in [2.75, 3.05) is 0 Å². The third kappa shape index (κ3) is 4.18. The topological polar surface area (TPSA) is 64.2 Å². The van der Waals surface area contributed by atoms with Gasteiger partial charge >= 0.3 is 0 Å². The molecule has 1 heterocycles. The Labute approximate surface area is 122 Å². The van der Waals surface area contributed by atoms with E-state index in [-0.39, 0.29) is 5.28 Å². The van der Waals surface area contributed by atoms with Crippen LogP contribution in [0.25, 0.3) is 5.70 Å². The predicted octanol–water partition coefficient (Wildman–Crippen LogP) is 3.49. The standard InChI is InChI=1S/C13H16Cl2N4/c14-10-8-18-13(15)19-12(10)11(16)6-7-17-9-4-2-1-3-5-9/h6-9H,1-5,16H2/b11-6-,17-7?. The Bertz CT molecular complexity index is 493. The molecular formula is C13H16Cl2N4. The summed E-state index contributed by atoms with van der Waals surface area (Å²) in [5.74, 6) is 0. The quantitative estimate of drug-likeness (QED) is 0.686. The van der Waals surface area contributed by atoms with Crippen molar-refractivity contribution in [2.24, 2.45) is 10.7 Å². The van der Waals surface area contributed by atoms with Crippen molar-refractivity contribution in [3.05, 3.63) is 28.3 Å². The third-order valence-electron chi connectivity index (χ3n) is 3.11. The number of nitrogens with zero attached hydrogens (tertiary/aromatic N) is 3. The summed E-state index contributed by atoms with van der Waals surface area (Å²) in [4.78, 5) is 12.3. The lowest BCUT2D eigenvalue weighted by Gasteiger charge is -2.16. The zero-order chi connectivity index (χ0) is 13.7. The van der Waals surface area contributed by atoms with E-state index in [1.807, 2.05) is 0 Å². The van der Waals surface area contributed by atoms with E-state index in [2.05, 4.69) is 15.0 Å². The van der Waals surface area contributed by atoms with Crippen LogP contribution in [0.2, 0.25) is 10.3 Å². The molecule has 6 heteroatoms. The van der Waals surface area contributed by atoms with Gasteiger partial charge in [-0.15, -0.1) is 0 Å². The molecule has 0 unspecified atom stereocenters. The Kier molecular flexibility index (Phi) is 5.16. The molecule has 0 atom stereocenters. The third-order valence-corrected chi connectivity index (χ3v) is 3.57. The van der Waals surface area contributed by atoms with Crippen LogP contribution in [0, 0.1) is 0 Å². The van der Waals surface area contributed by atoms with Crippen molar-refractivity contribution < 1.29 is 0 Å². The molecule has 2 N–H and O–H groups in total. The van der Waals surface area contributed by atoms with Crippen LogP contribution in [0.3, 0.4) is 0 Å². The fourth-order valence-corrected chi connectivity index (χ4v) is 2.44. The normalized spacial score (nSPS) is 18.1. The SMILES string of the molecule is N/C(=C\C=NC1CCCCC1)c1nc(Cl)ncc1Cl. The van der Waals surface area contributed by atoms with Gasteiger partial charge in [0.15, 0.2) is 0 Å². The summed E-state index contributed by atoms with van der Waals surface area (Å²) in [5.41, 5.74) is 6.80. The molecule has 1 saturated carbocycles. The van der Waals surface area contributed by atoms with Gasteiger partial charge in [-0.2, -0.15) is 0 Å². The van der Waals surface area contributed by atoms with Crippen LogP contribution in [-0.4, -0.2) is 22.2 Å². The first-order chi connectivity index (χ1) is 9.16. The molecule has 0 aliphatic heterocycles.